The van der Waals surface area contributed by atoms with Crippen molar-refractivity contribution in [1.29, 1.82) is 0 Å². The Kier molecular flexibility index (Phi) is 4.43. The molecule has 0 spiro atoms. The van der Waals surface area contributed by atoms with Crippen LogP contribution in [-0.4, -0.2) is 14.5 Å². The van der Waals surface area contributed by atoms with Crippen LogP contribution in [0.4, 0.5) is 0 Å². The Hall–Kier alpha value is -2.72. The van der Waals surface area contributed by atoms with Crippen LogP contribution in [0.15, 0.2) is 48.0 Å². The summed E-state index contributed by atoms with van der Waals surface area (Å²) in [6, 6.07) is 12.4. The predicted molar refractivity (Wildman–Crippen MR) is 111 cm³/mol. The van der Waals surface area contributed by atoms with Crippen molar-refractivity contribution in [3.63, 3.8) is 0 Å². The van der Waals surface area contributed by atoms with Gasteiger partial charge in [0.05, 0.1) is 28.5 Å². The Morgan fingerprint density at radius 1 is 1.04 bits per heavy atom. The Balaban J connectivity index is 1.83. The van der Waals surface area contributed by atoms with Crippen LogP contribution in [0.25, 0.3) is 23.1 Å². The molecule has 3 aromatic heterocycles. The van der Waals surface area contributed by atoms with E-state index in [9.17, 15) is 0 Å². The van der Waals surface area contributed by atoms with Gasteiger partial charge in [0.25, 0.3) is 0 Å². The lowest BCUT2D eigenvalue weighted by atomic mass is 10.1. The first-order valence-electron chi connectivity index (χ1n) is 8.72. The van der Waals surface area contributed by atoms with Crippen LogP contribution in [0.1, 0.15) is 33.2 Å². The van der Waals surface area contributed by atoms with E-state index in [0.717, 1.165) is 22.9 Å². The zero-order valence-electron chi connectivity index (χ0n) is 15.2. The van der Waals surface area contributed by atoms with Crippen LogP contribution < -0.4 is 0 Å². The van der Waals surface area contributed by atoms with Gasteiger partial charge in [-0.3, -0.25) is 4.98 Å². The van der Waals surface area contributed by atoms with Gasteiger partial charge in [0.1, 0.15) is 0 Å². The van der Waals surface area contributed by atoms with E-state index >= 15 is 0 Å². The van der Waals surface area contributed by atoms with Crippen LogP contribution in [0.5, 0.6) is 0 Å². The van der Waals surface area contributed by atoms with E-state index in [1.807, 2.05) is 12.3 Å². The number of rotatable bonds is 4. The molecule has 4 aromatic rings. The van der Waals surface area contributed by atoms with Crippen LogP contribution in [0.2, 0.25) is 0 Å². The molecule has 130 valence electrons. The summed E-state index contributed by atoms with van der Waals surface area (Å²) in [7, 11) is 0. The van der Waals surface area contributed by atoms with Gasteiger partial charge in [-0.15, -0.1) is 11.3 Å². The van der Waals surface area contributed by atoms with E-state index in [4.69, 9.17) is 0 Å². The van der Waals surface area contributed by atoms with Crippen molar-refractivity contribution in [3.8, 4) is 0 Å². The summed E-state index contributed by atoms with van der Waals surface area (Å²) in [5, 5.41) is 4.51. The molecule has 0 amide bonds. The third-order valence-corrected chi connectivity index (χ3v) is 5.62. The first-order valence-corrected chi connectivity index (χ1v) is 9.60. The number of hydrogen-bond donors (Lipinski definition) is 0. The van der Waals surface area contributed by atoms with Crippen molar-refractivity contribution in [2.75, 3.05) is 0 Å². The van der Waals surface area contributed by atoms with Crippen LogP contribution >= 0.6 is 11.3 Å². The maximum absolute atomic E-state index is 4.66. The SMILES string of the molecule is Cc1nc(Cn2c(C)c(C)c3ccnc(C=Cc4ccccc4)c32)cs1. The van der Waals surface area contributed by atoms with Crippen molar-refractivity contribution in [2.45, 2.75) is 27.3 Å². The Bertz CT molecular complexity index is 1090. The molecule has 3 nitrogen and oxygen atoms in total. The highest BCUT2D eigenvalue weighted by atomic mass is 32.1. The lowest BCUT2D eigenvalue weighted by Gasteiger charge is -2.08. The topological polar surface area (TPSA) is 30.7 Å². The highest BCUT2D eigenvalue weighted by molar-refractivity contribution is 7.09. The third-order valence-electron chi connectivity index (χ3n) is 4.79. The molecule has 4 rings (SSSR count). The molecule has 0 aliphatic carbocycles. The summed E-state index contributed by atoms with van der Waals surface area (Å²) < 4.78 is 2.34. The van der Waals surface area contributed by atoms with Gasteiger partial charge < -0.3 is 4.57 Å². The number of nitrogens with zero attached hydrogens (tertiary/aromatic N) is 3. The Morgan fingerprint density at radius 2 is 1.85 bits per heavy atom. The second-order valence-corrected chi connectivity index (χ2v) is 7.55. The minimum Gasteiger partial charge on any atom is -0.337 e. The largest absolute Gasteiger partial charge is 0.337 e. The van der Waals surface area contributed by atoms with Gasteiger partial charge in [-0.25, -0.2) is 4.98 Å². The predicted octanol–water partition coefficient (Wildman–Crippen LogP) is 5.64. The molecule has 0 aliphatic rings. The number of pyridine rings is 1. The molecule has 1 aromatic carbocycles. The van der Waals surface area contributed by atoms with Crippen molar-refractivity contribution in [1.82, 2.24) is 14.5 Å². The number of aryl methyl sites for hydroxylation is 2. The average Bonchev–Trinajstić information content (AvgIpc) is 3.18. The summed E-state index contributed by atoms with van der Waals surface area (Å²) >= 11 is 1.70. The summed E-state index contributed by atoms with van der Waals surface area (Å²) in [5.74, 6) is 0. The normalized spacial score (nSPS) is 11.7. The van der Waals surface area contributed by atoms with Crippen molar-refractivity contribution in [3.05, 3.63) is 81.2 Å². The molecule has 0 saturated heterocycles. The van der Waals surface area contributed by atoms with Gasteiger partial charge >= 0.3 is 0 Å². The number of benzene rings is 1. The first-order chi connectivity index (χ1) is 12.6. The average molecular weight is 359 g/mol. The van der Waals surface area contributed by atoms with Gasteiger partial charge in [-0.05, 0) is 44.0 Å². The van der Waals surface area contributed by atoms with E-state index in [2.05, 4.69) is 83.2 Å². The van der Waals surface area contributed by atoms with E-state index < -0.39 is 0 Å². The highest BCUT2D eigenvalue weighted by Gasteiger charge is 2.15. The molecule has 0 unspecified atom stereocenters. The zero-order valence-corrected chi connectivity index (χ0v) is 16.0. The van der Waals surface area contributed by atoms with E-state index in [1.54, 1.807) is 11.3 Å². The fraction of sp³-hybridized carbons (Fsp3) is 0.182. The summed E-state index contributed by atoms with van der Waals surface area (Å²) in [5.41, 5.74) is 7.04. The molecular weight excluding hydrogens is 338 g/mol. The molecule has 0 N–H and O–H groups in total. The number of aromatic nitrogens is 3. The number of thiazole rings is 1. The summed E-state index contributed by atoms with van der Waals surface area (Å²) in [6.45, 7) is 7.19. The Labute approximate surface area is 157 Å². The second kappa shape index (κ2) is 6.89. The first kappa shape index (κ1) is 16.7. The Morgan fingerprint density at radius 3 is 2.58 bits per heavy atom. The molecule has 0 fully saturated rings. The molecule has 3 heterocycles. The lowest BCUT2D eigenvalue weighted by molar-refractivity contribution is 0.778. The van der Waals surface area contributed by atoms with Crippen LogP contribution in [0, 0.1) is 20.8 Å². The van der Waals surface area contributed by atoms with Gasteiger partial charge in [0.15, 0.2) is 0 Å². The minimum absolute atomic E-state index is 0.776. The molecule has 26 heavy (non-hydrogen) atoms. The molecule has 0 bridgehead atoms. The number of hydrogen-bond acceptors (Lipinski definition) is 3. The maximum atomic E-state index is 4.66. The quantitative estimate of drug-likeness (QED) is 0.472. The lowest BCUT2D eigenvalue weighted by Crippen LogP contribution is -2.03. The molecule has 4 heteroatoms. The molecule has 0 saturated carbocycles. The fourth-order valence-electron chi connectivity index (χ4n) is 3.32. The summed E-state index contributed by atoms with van der Waals surface area (Å²) in [4.78, 5) is 9.30. The molecule has 0 aliphatic heterocycles. The zero-order chi connectivity index (χ0) is 18.1. The van der Waals surface area contributed by atoms with E-state index in [-0.39, 0.29) is 0 Å². The van der Waals surface area contributed by atoms with Crippen molar-refractivity contribution < 1.29 is 0 Å². The molecular formula is C22H21N3S. The van der Waals surface area contributed by atoms with Gasteiger partial charge in [0.2, 0.25) is 0 Å². The van der Waals surface area contributed by atoms with Gasteiger partial charge in [0, 0.05) is 22.7 Å². The van der Waals surface area contributed by atoms with E-state index in [1.165, 1.54) is 27.7 Å². The minimum atomic E-state index is 0.776. The number of fused-ring (bicyclic) bond motifs is 1. The third kappa shape index (κ3) is 3.08. The maximum Gasteiger partial charge on any atom is 0.0898 e. The second-order valence-electron chi connectivity index (χ2n) is 6.49. The van der Waals surface area contributed by atoms with Crippen LogP contribution in [-0.2, 0) is 6.54 Å². The monoisotopic (exact) mass is 359 g/mol. The smallest absolute Gasteiger partial charge is 0.0898 e. The van der Waals surface area contributed by atoms with Gasteiger partial charge in [-0.1, -0.05) is 36.4 Å². The molecule has 0 atom stereocenters. The van der Waals surface area contributed by atoms with Gasteiger partial charge in [-0.2, -0.15) is 0 Å². The standard InChI is InChI=1S/C22H21N3S/c1-15-16(2)25(13-19-14-26-17(3)24-19)22-20(15)11-12-23-21(22)10-9-18-7-5-4-6-8-18/h4-12,14H,13H2,1-3H3. The van der Waals surface area contributed by atoms with Crippen molar-refractivity contribution in [2.24, 2.45) is 0 Å². The summed E-state index contributed by atoms with van der Waals surface area (Å²) in [6.07, 6.45) is 6.13. The molecule has 0 radical (unpaired) electrons. The fourth-order valence-corrected chi connectivity index (χ4v) is 3.93. The van der Waals surface area contributed by atoms with Crippen LogP contribution in [0.3, 0.4) is 0 Å². The van der Waals surface area contributed by atoms with Crippen molar-refractivity contribution >= 4 is 34.4 Å². The van der Waals surface area contributed by atoms with E-state index in [0.29, 0.717) is 0 Å². The highest BCUT2D eigenvalue weighted by Crippen LogP contribution is 2.29.